The summed E-state index contributed by atoms with van der Waals surface area (Å²) >= 11 is 0. The number of sulfone groups is 1. The third-order valence-electron chi connectivity index (χ3n) is 4.26. The maximum Gasteiger partial charge on any atom is 0.306 e. The van der Waals surface area contributed by atoms with Gasteiger partial charge in [-0.2, -0.15) is 0 Å². The monoisotopic (exact) mass is 403 g/mol. The molecule has 1 amide bonds. The van der Waals surface area contributed by atoms with Crippen LogP contribution < -0.4 is 10.1 Å². The molecule has 0 aromatic heterocycles. The Bertz CT molecular complexity index is 925. The van der Waals surface area contributed by atoms with Crippen molar-refractivity contribution in [1.82, 2.24) is 0 Å². The molecule has 1 heterocycles. The van der Waals surface area contributed by atoms with Crippen molar-refractivity contribution in [3.05, 3.63) is 54.6 Å². The van der Waals surface area contributed by atoms with Gasteiger partial charge < -0.3 is 14.8 Å². The number of amides is 1. The lowest BCUT2D eigenvalue weighted by molar-refractivity contribution is -0.148. The Morgan fingerprint density at radius 1 is 1.00 bits per heavy atom. The molecule has 2 aromatic carbocycles. The van der Waals surface area contributed by atoms with E-state index in [0.29, 0.717) is 23.6 Å². The molecule has 7 nitrogen and oxygen atoms in total. The highest BCUT2D eigenvalue weighted by Gasteiger charge is 2.29. The summed E-state index contributed by atoms with van der Waals surface area (Å²) in [6.45, 7) is -0.416. The fourth-order valence-corrected chi connectivity index (χ4v) is 4.76. The zero-order chi connectivity index (χ0) is 20.0. The number of hydrogen-bond donors (Lipinski definition) is 1. The van der Waals surface area contributed by atoms with Crippen molar-refractivity contribution in [2.75, 3.05) is 23.4 Å². The molecule has 1 atom stereocenters. The normalized spacial score (nSPS) is 17.6. The number of carbonyl (C=O) groups excluding carboxylic acids is 2. The SMILES string of the molecule is O=C(COC(=O)C[C@H]1CCS(=O)(=O)C1)Nc1ccc(Oc2ccccc2)cc1. The van der Waals surface area contributed by atoms with Crippen LogP contribution in [0.25, 0.3) is 0 Å². The largest absolute Gasteiger partial charge is 0.457 e. The van der Waals surface area contributed by atoms with Gasteiger partial charge in [0.05, 0.1) is 11.5 Å². The van der Waals surface area contributed by atoms with Gasteiger partial charge in [-0.15, -0.1) is 0 Å². The number of anilines is 1. The van der Waals surface area contributed by atoms with Gasteiger partial charge in [0.2, 0.25) is 0 Å². The third-order valence-corrected chi connectivity index (χ3v) is 6.10. The van der Waals surface area contributed by atoms with E-state index in [9.17, 15) is 18.0 Å². The summed E-state index contributed by atoms with van der Waals surface area (Å²) in [4.78, 5) is 23.7. The number of benzene rings is 2. The highest BCUT2D eigenvalue weighted by atomic mass is 32.2. The molecule has 0 bridgehead atoms. The van der Waals surface area contributed by atoms with Crippen molar-refractivity contribution in [1.29, 1.82) is 0 Å². The van der Waals surface area contributed by atoms with E-state index in [2.05, 4.69) is 5.32 Å². The van der Waals surface area contributed by atoms with E-state index in [4.69, 9.17) is 9.47 Å². The predicted molar refractivity (Wildman–Crippen MR) is 104 cm³/mol. The molecule has 0 spiro atoms. The van der Waals surface area contributed by atoms with Crippen LogP contribution in [0.4, 0.5) is 5.69 Å². The standard InChI is InChI=1S/C20H21NO6S/c22-19(13-26-20(23)12-15-10-11-28(24,25)14-15)21-16-6-8-18(9-7-16)27-17-4-2-1-3-5-17/h1-9,15H,10-14H2,(H,21,22)/t15-/m1/s1. The minimum absolute atomic E-state index is 0.00565. The van der Waals surface area contributed by atoms with Crippen LogP contribution in [0.2, 0.25) is 0 Å². The van der Waals surface area contributed by atoms with Crippen LogP contribution in [0.15, 0.2) is 54.6 Å². The fourth-order valence-electron chi connectivity index (χ4n) is 2.90. The van der Waals surface area contributed by atoms with E-state index in [-0.39, 0.29) is 23.8 Å². The minimum Gasteiger partial charge on any atom is -0.457 e. The van der Waals surface area contributed by atoms with E-state index in [1.54, 1.807) is 24.3 Å². The van der Waals surface area contributed by atoms with Crippen molar-refractivity contribution in [2.45, 2.75) is 12.8 Å². The average Bonchev–Trinajstić information content (AvgIpc) is 3.01. The Hall–Kier alpha value is -2.87. The number of carbonyl (C=O) groups is 2. The Morgan fingerprint density at radius 3 is 2.32 bits per heavy atom. The molecule has 0 saturated carbocycles. The molecule has 0 radical (unpaired) electrons. The molecular weight excluding hydrogens is 382 g/mol. The summed E-state index contributed by atoms with van der Waals surface area (Å²) in [6, 6.07) is 16.1. The summed E-state index contributed by atoms with van der Waals surface area (Å²) in [5, 5.41) is 2.63. The first-order valence-corrected chi connectivity index (χ1v) is 10.7. The first kappa shape index (κ1) is 19.9. The molecule has 1 aliphatic heterocycles. The Morgan fingerprint density at radius 2 is 1.68 bits per heavy atom. The van der Waals surface area contributed by atoms with Gasteiger partial charge in [-0.05, 0) is 48.7 Å². The summed E-state index contributed by atoms with van der Waals surface area (Å²) < 4.78 is 33.4. The lowest BCUT2D eigenvalue weighted by Gasteiger charge is -2.10. The second kappa shape index (κ2) is 8.88. The molecule has 1 N–H and O–H groups in total. The molecule has 1 saturated heterocycles. The first-order chi connectivity index (χ1) is 13.4. The molecule has 1 aliphatic rings. The van der Waals surface area contributed by atoms with E-state index < -0.39 is 28.3 Å². The summed E-state index contributed by atoms with van der Waals surface area (Å²) in [5.74, 6) is 0.190. The van der Waals surface area contributed by atoms with Gasteiger partial charge in [0.1, 0.15) is 11.5 Å². The van der Waals surface area contributed by atoms with Crippen LogP contribution in [0.3, 0.4) is 0 Å². The number of rotatable bonds is 7. The second-order valence-corrected chi connectivity index (χ2v) is 8.85. The smallest absolute Gasteiger partial charge is 0.306 e. The molecule has 148 valence electrons. The Labute approximate surface area is 163 Å². The van der Waals surface area contributed by atoms with Crippen molar-refractivity contribution in [3.63, 3.8) is 0 Å². The van der Waals surface area contributed by atoms with E-state index in [0.717, 1.165) is 0 Å². The molecule has 28 heavy (non-hydrogen) atoms. The maximum absolute atomic E-state index is 11.9. The van der Waals surface area contributed by atoms with Gasteiger partial charge in [-0.25, -0.2) is 8.42 Å². The molecule has 0 aliphatic carbocycles. The first-order valence-electron chi connectivity index (χ1n) is 8.88. The summed E-state index contributed by atoms with van der Waals surface area (Å²) in [7, 11) is -3.03. The van der Waals surface area contributed by atoms with Crippen molar-refractivity contribution < 1.29 is 27.5 Å². The van der Waals surface area contributed by atoms with Crippen molar-refractivity contribution in [3.8, 4) is 11.5 Å². The quantitative estimate of drug-likeness (QED) is 0.714. The van der Waals surface area contributed by atoms with Crippen LogP contribution in [0.1, 0.15) is 12.8 Å². The zero-order valence-corrected chi connectivity index (χ0v) is 16.0. The zero-order valence-electron chi connectivity index (χ0n) is 15.2. The van der Waals surface area contributed by atoms with Crippen LogP contribution in [-0.4, -0.2) is 38.4 Å². The summed E-state index contributed by atoms with van der Waals surface area (Å²) in [6.07, 6.45) is 0.471. The topological polar surface area (TPSA) is 98.8 Å². The third kappa shape index (κ3) is 6.09. The van der Waals surface area contributed by atoms with Gasteiger partial charge in [0.15, 0.2) is 16.4 Å². The highest BCUT2D eigenvalue weighted by molar-refractivity contribution is 7.91. The van der Waals surface area contributed by atoms with E-state index in [1.165, 1.54) is 0 Å². The van der Waals surface area contributed by atoms with Crippen LogP contribution in [0, 0.1) is 5.92 Å². The molecule has 0 unspecified atom stereocenters. The van der Waals surface area contributed by atoms with Gasteiger partial charge in [0, 0.05) is 12.1 Å². The van der Waals surface area contributed by atoms with Gasteiger partial charge in [-0.3, -0.25) is 9.59 Å². The molecule has 1 fully saturated rings. The molecule has 3 rings (SSSR count). The predicted octanol–water partition coefficient (Wildman–Crippen LogP) is 2.79. The van der Waals surface area contributed by atoms with Crippen molar-refractivity contribution in [2.24, 2.45) is 5.92 Å². The number of esters is 1. The lowest BCUT2D eigenvalue weighted by Crippen LogP contribution is -2.22. The van der Waals surface area contributed by atoms with Gasteiger partial charge in [0.25, 0.3) is 5.91 Å². The number of hydrogen-bond acceptors (Lipinski definition) is 6. The van der Waals surface area contributed by atoms with E-state index >= 15 is 0 Å². The van der Waals surface area contributed by atoms with Crippen molar-refractivity contribution >= 4 is 27.4 Å². The number of ether oxygens (including phenoxy) is 2. The van der Waals surface area contributed by atoms with Crippen LogP contribution >= 0.6 is 0 Å². The van der Waals surface area contributed by atoms with Gasteiger partial charge >= 0.3 is 5.97 Å². The maximum atomic E-state index is 11.9. The van der Waals surface area contributed by atoms with Crippen LogP contribution in [0.5, 0.6) is 11.5 Å². The Balaban J connectivity index is 1.41. The second-order valence-electron chi connectivity index (χ2n) is 6.62. The number of para-hydroxylation sites is 1. The minimum atomic E-state index is -3.03. The summed E-state index contributed by atoms with van der Waals surface area (Å²) in [5.41, 5.74) is 0.545. The Kier molecular flexibility index (Phi) is 6.30. The highest BCUT2D eigenvalue weighted by Crippen LogP contribution is 2.23. The average molecular weight is 403 g/mol. The lowest BCUT2D eigenvalue weighted by atomic mass is 10.1. The molecule has 2 aromatic rings. The van der Waals surface area contributed by atoms with Gasteiger partial charge in [-0.1, -0.05) is 18.2 Å². The fraction of sp³-hybridized carbons (Fsp3) is 0.300. The van der Waals surface area contributed by atoms with Crippen LogP contribution in [-0.2, 0) is 24.2 Å². The van der Waals surface area contributed by atoms with E-state index in [1.807, 2.05) is 30.3 Å². The number of nitrogens with one attached hydrogen (secondary N) is 1. The molecular formula is C20H21NO6S. The molecule has 8 heteroatoms.